The van der Waals surface area contributed by atoms with E-state index in [1.165, 1.54) is 0 Å². The van der Waals surface area contributed by atoms with Crippen LogP contribution >= 0.6 is 9.24 Å². The second-order valence-electron chi connectivity index (χ2n) is 6.92. The van der Waals surface area contributed by atoms with Gasteiger partial charge in [-0.05, 0) is 43.2 Å². The summed E-state index contributed by atoms with van der Waals surface area (Å²) in [7, 11) is -5.37. The molecule has 0 saturated carbocycles. The van der Waals surface area contributed by atoms with Gasteiger partial charge in [-0.1, -0.05) is 25.7 Å². The first-order valence-corrected chi connectivity index (χ1v) is 12.7. The SMILES string of the molecule is O=S(=O)(O)CC(CO)CCCCCC(P)CCCC(CO)CS(=O)(=O)O. The summed E-state index contributed by atoms with van der Waals surface area (Å²) in [5, 5.41) is 18.3. The van der Waals surface area contributed by atoms with Crippen LogP contribution in [-0.2, 0) is 20.2 Å². The normalized spacial score (nSPS) is 16.3. The highest BCUT2D eigenvalue weighted by molar-refractivity contribution is 7.86. The molecule has 11 heteroatoms. The molecular formula is C15H33O8PS2. The van der Waals surface area contributed by atoms with Gasteiger partial charge in [-0.15, -0.1) is 9.24 Å². The summed E-state index contributed by atoms with van der Waals surface area (Å²) in [6.07, 6.45) is 6.29. The van der Waals surface area contributed by atoms with E-state index in [9.17, 15) is 16.8 Å². The minimum Gasteiger partial charge on any atom is -0.396 e. The number of rotatable bonds is 16. The van der Waals surface area contributed by atoms with Gasteiger partial charge < -0.3 is 10.2 Å². The Bertz CT molecular complexity index is 564. The van der Waals surface area contributed by atoms with E-state index in [0.29, 0.717) is 18.5 Å². The molecule has 0 amide bonds. The maximum atomic E-state index is 10.8. The molecule has 0 spiro atoms. The minimum atomic E-state index is -4.06. The second kappa shape index (κ2) is 13.4. The van der Waals surface area contributed by atoms with Crippen molar-refractivity contribution in [3.63, 3.8) is 0 Å². The Morgan fingerprint density at radius 2 is 1.04 bits per heavy atom. The zero-order chi connectivity index (χ0) is 20.2. The van der Waals surface area contributed by atoms with Crippen LogP contribution in [0, 0.1) is 11.8 Å². The van der Waals surface area contributed by atoms with Crippen LogP contribution in [0.5, 0.6) is 0 Å². The Morgan fingerprint density at radius 3 is 1.46 bits per heavy atom. The molecule has 4 atom stereocenters. The van der Waals surface area contributed by atoms with Crippen LogP contribution in [-0.4, -0.2) is 66.5 Å². The third-order valence-electron chi connectivity index (χ3n) is 4.28. The highest BCUT2D eigenvalue weighted by Crippen LogP contribution is 2.21. The summed E-state index contributed by atoms with van der Waals surface area (Å²) >= 11 is 0. The fourth-order valence-electron chi connectivity index (χ4n) is 2.88. The first-order chi connectivity index (χ1) is 12.0. The van der Waals surface area contributed by atoms with Crippen molar-refractivity contribution >= 4 is 29.5 Å². The molecule has 0 radical (unpaired) electrons. The smallest absolute Gasteiger partial charge is 0.265 e. The summed E-state index contributed by atoms with van der Waals surface area (Å²) in [4.78, 5) is 0. The Kier molecular flexibility index (Phi) is 13.5. The third kappa shape index (κ3) is 16.4. The Morgan fingerprint density at radius 1 is 0.654 bits per heavy atom. The van der Waals surface area contributed by atoms with Crippen LogP contribution in [0.2, 0.25) is 0 Å². The van der Waals surface area contributed by atoms with E-state index >= 15 is 0 Å². The lowest BCUT2D eigenvalue weighted by atomic mass is 10.00. The molecule has 0 aromatic heterocycles. The molecule has 0 saturated heterocycles. The van der Waals surface area contributed by atoms with Gasteiger partial charge in [0.15, 0.2) is 0 Å². The highest BCUT2D eigenvalue weighted by atomic mass is 32.2. The molecule has 0 heterocycles. The van der Waals surface area contributed by atoms with Crippen molar-refractivity contribution in [3.8, 4) is 0 Å². The van der Waals surface area contributed by atoms with Gasteiger partial charge in [0.2, 0.25) is 0 Å². The number of aliphatic hydroxyl groups excluding tert-OH is 2. The molecule has 4 N–H and O–H groups in total. The zero-order valence-electron chi connectivity index (χ0n) is 15.0. The predicted molar refractivity (Wildman–Crippen MR) is 104 cm³/mol. The van der Waals surface area contributed by atoms with E-state index in [2.05, 4.69) is 9.24 Å². The van der Waals surface area contributed by atoms with Crippen LogP contribution in [0.1, 0.15) is 51.4 Å². The summed E-state index contributed by atoms with van der Waals surface area (Å²) in [6, 6.07) is 0. The van der Waals surface area contributed by atoms with E-state index < -0.39 is 43.6 Å². The van der Waals surface area contributed by atoms with E-state index in [4.69, 9.17) is 19.3 Å². The second-order valence-corrected chi connectivity index (χ2v) is 10.9. The molecule has 8 nitrogen and oxygen atoms in total. The van der Waals surface area contributed by atoms with Crippen molar-refractivity contribution in [1.29, 1.82) is 0 Å². The molecule has 0 aliphatic rings. The molecule has 0 bridgehead atoms. The third-order valence-corrected chi connectivity index (χ3v) is 6.74. The lowest BCUT2D eigenvalue weighted by Crippen LogP contribution is -2.19. The lowest BCUT2D eigenvalue weighted by Gasteiger charge is -2.15. The molecule has 0 rings (SSSR count). The first kappa shape index (κ1) is 26.2. The number of hydrogen-bond acceptors (Lipinski definition) is 6. The maximum absolute atomic E-state index is 10.8. The van der Waals surface area contributed by atoms with Crippen LogP contribution in [0.25, 0.3) is 0 Å². The lowest BCUT2D eigenvalue weighted by molar-refractivity contribution is 0.226. The van der Waals surface area contributed by atoms with Gasteiger partial charge in [0.25, 0.3) is 20.2 Å². The topological polar surface area (TPSA) is 149 Å². The van der Waals surface area contributed by atoms with Gasteiger partial charge >= 0.3 is 0 Å². The quantitative estimate of drug-likeness (QED) is 0.161. The van der Waals surface area contributed by atoms with Crippen LogP contribution in [0.15, 0.2) is 0 Å². The number of unbranched alkanes of at least 4 members (excludes halogenated alkanes) is 2. The molecule has 0 fully saturated rings. The van der Waals surface area contributed by atoms with E-state index in [-0.39, 0.29) is 13.2 Å². The fraction of sp³-hybridized carbons (Fsp3) is 1.00. The zero-order valence-corrected chi connectivity index (χ0v) is 17.8. The standard InChI is InChI=1S/C15H33O8PS2/c16-9-13(11-25(18,19)20)5-2-1-3-7-15(24)8-4-6-14(10-17)12-26(21,22)23/h13-17H,1-12,24H2,(H,18,19,20)(H,21,22,23). The van der Waals surface area contributed by atoms with Gasteiger partial charge in [0.05, 0.1) is 11.5 Å². The van der Waals surface area contributed by atoms with Crippen LogP contribution in [0.4, 0.5) is 0 Å². The molecule has 158 valence electrons. The predicted octanol–water partition coefficient (Wildman–Crippen LogP) is 1.34. The maximum Gasteiger partial charge on any atom is 0.265 e. The van der Waals surface area contributed by atoms with Crippen LogP contribution in [0.3, 0.4) is 0 Å². The minimum absolute atomic E-state index is 0.262. The van der Waals surface area contributed by atoms with Gasteiger partial charge in [-0.3, -0.25) is 9.11 Å². The van der Waals surface area contributed by atoms with E-state index in [1.54, 1.807) is 0 Å². The largest absolute Gasteiger partial charge is 0.396 e. The first-order valence-electron chi connectivity index (χ1n) is 8.84. The molecule has 0 aliphatic carbocycles. The average Bonchev–Trinajstić information content (AvgIpc) is 2.50. The average molecular weight is 437 g/mol. The molecule has 0 aromatic carbocycles. The van der Waals surface area contributed by atoms with Crippen molar-refractivity contribution in [2.75, 3.05) is 24.7 Å². The van der Waals surface area contributed by atoms with Crippen molar-refractivity contribution in [2.45, 2.75) is 57.0 Å². The highest BCUT2D eigenvalue weighted by Gasteiger charge is 2.17. The molecule has 0 aliphatic heterocycles. The molecule has 4 unspecified atom stereocenters. The summed E-state index contributed by atoms with van der Waals surface area (Å²) in [5.74, 6) is -1.71. The van der Waals surface area contributed by atoms with Gasteiger partial charge in [0.1, 0.15) is 0 Å². The Hall–Kier alpha value is 0.170. The summed E-state index contributed by atoms with van der Waals surface area (Å²) in [5.41, 5.74) is 0.367. The molecular weight excluding hydrogens is 403 g/mol. The monoisotopic (exact) mass is 436 g/mol. The number of aliphatic hydroxyl groups is 2. The van der Waals surface area contributed by atoms with Crippen LogP contribution < -0.4 is 0 Å². The van der Waals surface area contributed by atoms with Crippen molar-refractivity contribution in [1.82, 2.24) is 0 Å². The number of hydrogen-bond donors (Lipinski definition) is 4. The van der Waals surface area contributed by atoms with Gasteiger partial charge in [-0.25, -0.2) is 0 Å². The van der Waals surface area contributed by atoms with E-state index in [0.717, 1.165) is 38.5 Å². The van der Waals surface area contributed by atoms with Gasteiger partial charge in [0, 0.05) is 13.2 Å². The summed E-state index contributed by atoms with van der Waals surface area (Å²) in [6.45, 7) is -0.529. The van der Waals surface area contributed by atoms with Crippen molar-refractivity contribution < 1.29 is 36.2 Å². The molecule has 0 aromatic rings. The summed E-state index contributed by atoms with van der Waals surface area (Å²) < 4.78 is 60.9. The Balaban J connectivity index is 3.84. The van der Waals surface area contributed by atoms with Crippen molar-refractivity contribution in [2.24, 2.45) is 11.8 Å². The van der Waals surface area contributed by atoms with Gasteiger partial charge in [-0.2, -0.15) is 16.8 Å². The molecule has 26 heavy (non-hydrogen) atoms. The van der Waals surface area contributed by atoms with E-state index in [1.807, 2.05) is 0 Å². The Labute approximate surface area is 159 Å². The van der Waals surface area contributed by atoms with Crippen molar-refractivity contribution in [3.05, 3.63) is 0 Å². The fourth-order valence-corrected chi connectivity index (χ4v) is 5.09.